The van der Waals surface area contributed by atoms with Gasteiger partial charge in [-0.3, -0.25) is 14.2 Å². The second-order valence-electron chi connectivity index (χ2n) is 7.94. The molecule has 8 heteroatoms. The van der Waals surface area contributed by atoms with E-state index in [1.807, 2.05) is 6.92 Å². The first-order chi connectivity index (χ1) is 14.1. The maximum Gasteiger partial charge on any atom is 0.297 e. The number of aryl methyl sites for hydroxylation is 2. The maximum atomic E-state index is 12.9. The highest BCUT2D eigenvalue weighted by molar-refractivity contribution is 6.03. The first kappa shape index (κ1) is 18.3. The second kappa shape index (κ2) is 7.26. The monoisotopic (exact) mass is 396 g/mol. The van der Waals surface area contributed by atoms with Crippen molar-refractivity contribution in [1.29, 1.82) is 0 Å². The molecule has 1 fully saturated rings. The molecule has 1 atom stereocenters. The van der Waals surface area contributed by atoms with Crippen molar-refractivity contribution in [3.63, 3.8) is 0 Å². The van der Waals surface area contributed by atoms with Gasteiger partial charge in [-0.2, -0.15) is 0 Å². The van der Waals surface area contributed by atoms with Crippen molar-refractivity contribution < 1.29 is 13.9 Å². The largest absolute Gasteiger partial charge is 0.430 e. The van der Waals surface area contributed by atoms with E-state index in [1.54, 1.807) is 0 Å². The van der Waals surface area contributed by atoms with E-state index in [9.17, 15) is 9.59 Å². The number of hydrogen-bond donors (Lipinski definition) is 1. The molecule has 0 bridgehead atoms. The van der Waals surface area contributed by atoms with Gasteiger partial charge in [-0.1, -0.05) is 0 Å². The van der Waals surface area contributed by atoms with Gasteiger partial charge in [0, 0.05) is 18.8 Å². The van der Waals surface area contributed by atoms with Gasteiger partial charge in [0.05, 0.1) is 17.8 Å². The maximum absolute atomic E-state index is 12.9. The molecule has 2 aliphatic rings. The van der Waals surface area contributed by atoms with Crippen LogP contribution in [0.5, 0.6) is 0 Å². The van der Waals surface area contributed by atoms with Gasteiger partial charge in [0.15, 0.2) is 0 Å². The molecule has 8 nitrogen and oxygen atoms in total. The van der Waals surface area contributed by atoms with E-state index in [1.165, 1.54) is 22.0 Å². The second-order valence-corrected chi connectivity index (χ2v) is 7.94. The molecule has 4 heterocycles. The van der Waals surface area contributed by atoms with Crippen molar-refractivity contribution in [2.45, 2.75) is 58.1 Å². The zero-order valence-corrected chi connectivity index (χ0v) is 16.5. The van der Waals surface area contributed by atoms with Crippen LogP contribution in [0.4, 0.5) is 0 Å². The zero-order valence-electron chi connectivity index (χ0n) is 16.5. The van der Waals surface area contributed by atoms with Crippen LogP contribution in [0.25, 0.3) is 22.2 Å². The molecule has 1 amide bonds. The third-order valence-corrected chi connectivity index (χ3v) is 5.99. The highest BCUT2D eigenvalue weighted by Crippen LogP contribution is 2.34. The number of ether oxygens (including phenoxy) is 1. The number of rotatable bonds is 4. The summed E-state index contributed by atoms with van der Waals surface area (Å²) in [6.45, 7) is 3.09. The first-order valence-electron chi connectivity index (χ1n) is 10.3. The number of aromatic nitrogens is 3. The number of furan rings is 1. The van der Waals surface area contributed by atoms with Crippen molar-refractivity contribution in [1.82, 2.24) is 19.9 Å². The molecule has 0 radical (unpaired) electrons. The summed E-state index contributed by atoms with van der Waals surface area (Å²) in [7, 11) is 0. The lowest BCUT2D eigenvalue weighted by Crippen LogP contribution is -2.36. The molecule has 5 rings (SSSR count). The molecule has 1 saturated heterocycles. The van der Waals surface area contributed by atoms with Crippen LogP contribution in [-0.2, 0) is 28.9 Å². The van der Waals surface area contributed by atoms with Gasteiger partial charge in [-0.15, -0.1) is 0 Å². The van der Waals surface area contributed by atoms with Crippen molar-refractivity contribution in [2.24, 2.45) is 0 Å². The lowest BCUT2D eigenvalue weighted by Gasteiger charge is -2.17. The Balaban J connectivity index is 1.47. The van der Waals surface area contributed by atoms with Crippen LogP contribution in [0, 0.1) is 6.92 Å². The third-order valence-electron chi connectivity index (χ3n) is 5.99. The Bertz CT molecular complexity index is 1160. The van der Waals surface area contributed by atoms with Gasteiger partial charge in [0.2, 0.25) is 17.2 Å². The number of carbonyl (C=O) groups excluding carboxylic acids is 1. The number of amides is 1. The van der Waals surface area contributed by atoms with Gasteiger partial charge in [0.25, 0.3) is 5.56 Å². The molecule has 0 aromatic carbocycles. The molecule has 1 aliphatic carbocycles. The fraction of sp³-hybridized carbons (Fsp3) is 0.524. The normalized spacial score (nSPS) is 19.0. The fourth-order valence-electron chi connectivity index (χ4n) is 4.50. The highest BCUT2D eigenvalue weighted by Gasteiger charge is 2.23. The lowest BCUT2D eigenvalue weighted by molar-refractivity contribution is -0.122. The van der Waals surface area contributed by atoms with Gasteiger partial charge >= 0.3 is 0 Å². The smallest absolute Gasteiger partial charge is 0.297 e. The number of hydrogen-bond acceptors (Lipinski definition) is 6. The predicted molar refractivity (Wildman–Crippen MR) is 107 cm³/mol. The number of nitrogens with zero attached hydrogens (tertiary/aromatic N) is 3. The standard InChI is InChI=1S/C21H24N4O4/c1-12-14-6-2-3-7-15(14)17-18-19(29-20(17)24-12)21(27)25(11-23-18)10-16(26)22-9-13-5-4-8-28-13/h11,13H,2-10H2,1H3,(H,22,26)/t13-/m0/s1. The topological polar surface area (TPSA) is 99.2 Å². The van der Waals surface area contributed by atoms with E-state index in [-0.39, 0.29) is 29.7 Å². The summed E-state index contributed by atoms with van der Waals surface area (Å²) in [5, 5.41) is 3.68. The van der Waals surface area contributed by atoms with Gasteiger partial charge in [-0.05, 0) is 56.6 Å². The highest BCUT2D eigenvalue weighted by atomic mass is 16.5. The van der Waals surface area contributed by atoms with E-state index in [0.717, 1.165) is 56.2 Å². The Morgan fingerprint density at radius 2 is 2.10 bits per heavy atom. The van der Waals surface area contributed by atoms with Gasteiger partial charge in [-0.25, -0.2) is 9.97 Å². The summed E-state index contributed by atoms with van der Waals surface area (Å²) < 4.78 is 12.6. The fourth-order valence-corrected chi connectivity index (χ4v) is 4.50. The molecule has 0 unspecified atom stereocenters. The van der Waals surface area contributed by atoms with Crippen LogP contribution >= 0.6 is 0 Å². The molecule has 0 saturated carbocycles. The summed E-state index contributed by atoms with van der Waals surface area (Å²) >= 11 is 0. The van der Waals surface area contributed by atoms with E-state index < -0.39 is 0 Å². The SMILES string of the molecule is Cc1nc2oc3c(=O)n(CC(=O)NC[C@@H]4CCCO4)cnc3c2c2c1CCCC2. The third kappa shape index (κ3) is 3.21. The van der Waals surface area contributed by atoms with Crippen LogP contribution in [0.3, 0.4) is 0 Å². The van der Waals surface area contributed by atoms with Crippen molar-refractivity contribution in [2.75, 3.05) is 13.2 Å². The Labute approximate surface area is 167 Å². The molecule has 152 valence electrons. The van der Waals surface area contributed by atoms with E-state index in [2.05, 4.69) is 15.3 Å². The van der Waals surface area contributed by atoms with E-state index >= 15 is 0 Å². The van der Waals surface area contributed by atoms with Gasteiger partial charge < -0.3 is 14.5 Å². The summed E-state index contributed by atoms with van der Waals surface area (Å²) in [6.07, 6.45) is 7.66. The molecule has 3 aromatic heterocycles. The number of carbonyl (C=O) groups is 1. The van der Waals surface area contributed by atoms with E-state index in [0.29, 0.717) is 17.8 Å². The molecule has 3 aromatic rings. The number of fused-ring (bicyclic) bond motifs is 5. The van der Waals surface area contributed by atoms with Crippen LogP contribution in [0.1, 0.15) is 42.5 Å². The lowest BCUT2D eigenvalue weighted by atomic mass is 9.89. The molecular formula is C21H24N4O4. The minimum absolute atomic E-state index is 0.0622. The van der Waals surface area contributed by atoms with Crippen LogP contribution < -0.4 is 10.9 Å². The zero-order chi connectivity index (χ0) is 20.0. The van der Waals surface area contributed by atoms with Crippen LogP contribution in [-0.4, -0.2) is 39.7 Å². The Kier molecular flexibility index (Phi) is 4.58. The minimum Gasteiger partial charge on any atom is -0.430 e. The Hall–Kier alpha value is -2.74. The van der Waals surface area contributed by atoms with Crippen molar-refractivity contribution in [3.8, 4) is 0 Å². The Morgan fingerprint density at radius 3 is 2.90 bits per heavy atom. The van der Waals surface area contributed by atoms with Gasteiger partial charge in [0.1, 0.15) is 12.1 Å². The molecule has 1 aliphatic heterocycles. The summed E-state index contributed by atoms with van der Waals surface area (Å²) in [5.41, 5.74) is 4.24. The first-order valence-corrected chi connectivity index (χ1v) is 10.3. The Morgan fingerprint density at radius 1 is 1.28 bits per heavy atom. The quantitative estimate of drug-likeness (QED) is 0.724. The predicted octanol–water partition coefficient (Wildman–Crippen LogP) is 2.02. The molecular weight excluding hydrogens is 372 g/mol. The van der Waals surface area contributed by atoms with Crippen molar-refractivity contribution in [3.05, 3.63) is 33.5 Å². The number of nitrogens with one attached hydrogen (secondary N) is 1. The molecule has 0 spiro atoms. The summed E-state index contributed by atoms with van der Waals surface area (Å²) in [4.78, 5) is 34.3. The van der Waals surface area contributed by atoms with E-state index in [4.69, 9.17) is 9.15 Å². The van der Waals surface area contributed by atoms with Crippen LogP contribution in [0.15, 0.2) is 15.5 Å². The molecule has 1 N–H and O–H groups in total. The average Bonchev–Trinajstić information content (AvgIpc) is 3.37. The average molecular weight is 396 g/mol. The minimum atomic E-state index is -0.359. The molecule has 29 heavy (non-hydrogen) atoms. The summed E-state index contributed by atoms with van der Waals surface area (Å²) in [5.74, 6) is -0.244. The summed E-state index contributed by atoms with van der Waals surface area (Å²) in [6, 6.07) is 0. The van der Waals surface area contributed by atoms with Crippen molar-refractivity contribution >= 4 is 28.1 Å². The number of pyridine rings is 1. The van der Waals surface area contributed by atoms with Crippen LogP contribution in [0.2, 0.25) is 0 Å².